The van der Waals surface area contributed by atoms with Gasteiger partial charge in [-0.05, 0) is 37.1 Å². The van der Waals surface area contributed by atoms with Crippen molar-refractivity contribution in [3.8, 4) is 5.75 Å². The number of ether oxygens (including phenoxy) is 1. The third kappa shape index (κ3) is 4.14. The highest BCUT2D eigenvalue weighted by atomic mass is 19.3. The average Bonchev–Trinajstić information content (AvgIpc) is 2.44. The topological polar surface area (TPSA) is 75.6 Å². The van der Waals surface area contributed by atoms with Crippen LogP contribution in [0.5, 0.6) is 5.75 Å². The summed E-state index contributed by atoms with van der Waals surface area (Å²) in [5.41, 5.74) is -1.17. The highest BCUT2D eigenvalue weighted by Crippen LogP contribution is 2.18. The van der Waals surface area contributed by atoms with Crippen molar-refractivity contribution in [1.29, 1.82) is 0 Å². The number of rotatable bonds is 7. The van der Waals surface area contributed by atoms with Crippen LogP contribution in [0.4, 0.5) is 8.78 Å². The monoisotopic (exact) mass is 301 g/mol. The van der Waals surface area contributed by atoms with Crippen LogP contribution in [-0.4, -0.2) is 29.1 Å². The number of carboxylic acid groups (broad SMARTS) is 1. The van der Waals surface area contributed by atoms with Crippen molar-refractivity contribution in [2.45, 2.75) is 38.8 Å². The van der Waals surface area contributed by atoms with Crippen LogP contribution in [-0.2, 0) is 4.79 Å². The van der Waals surface area contributed by atoms with Gasteiger partial charge in [0.2, 0.25) is 0 Å². The first-order chi connectivity index (χ1) is 9.84. The molecule has 0 saturated heterocycles. The maximum absolute atomic E-state index is 12.1. The van der Waals surface area contributed by atoms with Gasteiger partial charge in [-0.1, -0.05) is 13.8 Å². The molecule has 7 heteroatoms. The Hall–Kier alpha value is -2.18. The van der Waals surface area contributed by atoms with Crippen LogP contribution in [0, 0.1) is 0 Å². The van der Waals surface area contributed by atoms with Gasteiger partial charge in [0.25, 0.3) is 5.91 Å². The summed E-state index contributed by atoms with van der Waals surface area (Å²) < 4.78 is 28.2. The van der Waals surface area contributed by atoms with Crippen LogP contribution in [0.15, 0.2) is 24.3 Å². The van der Waals surface area contributed by atoms with Gasteiger partial charge in [-0.3, -0.25) is 4.79 Å². The lowest BCUT2D eigenvalue weighted by Crippen LogP contribution is -2.53. The summed E-state index contributed by atoms with van der Waals surface area (Å²) in [6.45, 7) is 0.388. The molecule has 0 aliphatic heterocycles. The summed E-state index contributed by atoms with van der Waals surface area (Å²) in [5, 5.41) is 11.7. The molecule has 5 nitrogen and oxygen atoms in total. The molecule has 1 amide bonds. The van der Waals surface area contributed by atoms with E-state index in [0.29, 0.717) is 0 Å². The van der Waals surface area contributed by atoms with Gasteiger partial charge < -0.3 is 15.2 Å². The zero-order chi connectivity index (χ0) is 16.0. The number of aliphatic carboxylic acids is 1. The minimum absolute atomic E-state index is 0.0722. The number of amides is 1. The van der Waals surface area contributed by atoms with Crippen LogP contribution in [0.2, 0.25) is 0 Å². The predicted molar refractivity (Wildman–Crippen MR) is 71.5 cm³/mol. The van der Waals surface area contributed by atoms with Crippen molar-refractivity contribution in [1.82, 2.24) is 5.32 Å². The number of hydrogen-bond acceptors (Lipinski definition) is 3. The van der Waals surface area contributed by atoms with Crippen molar-refractivity contribution < 1.29 is 28.2 Å². The Bertz CT molecular complexity index is 498. The van der Waals surface area contributed by atoms with Gasteiger partial charge in [0.05, 0.1) is 0 Å². The Balaban J connectivity index is 2.86. The molecule has 2 N–H and O–H groups in total. The molecule has 0 radical (unpaired) electrons. The van der Waals surface area contributed by atoms with E-state index in [0.717, 1.165) is 0 Å². The molecule has 1 aromatic carbocycles. The highest BCUT2D eigenvalue weighted by molar-refractivity contribution is 5.97. The number of carbonyl (C=O) groups excluding carboxylic acids is 1. The van der Waals surface area contributed by atoms with Gasteiger partial charge in [0.1, 0.15) is 11.3 Å². The summed E-state index contributed by atoms with van der Waals surface area (Å²) in [6.07, 6.45) is 0.467. The number of nitrogens with one attached hydrogen (secondary N) is 1. The Morgan fingerprint density at radius 1 is 1.24 bits per heavy atom. The first kappa shape index (κ1) is 16.9. The molecule has 0 unspecified atom stereocenters. The van der Waals surface area contributed by atoms with E-state index in [2.05, 4.69) is 10.1 Å². The number of carboxylic acids is 1. The summed E-state index contributed by atoms with van der Waals surface area (Å²) in [7, 11) is 0. The van der Waals surface area contributed by atoms with Gasteiger partial charge in [-0.15, -0.1) is 0 Å². The normalized spacial score (nSPS) is 11.3. The Morgan fingerprint density at radius 3 is 2.14 bits per heavy atom. The fourth-order valence-electron chi connectivity index (χ4n) is 1.86. The molecule has 1 aromatic rings. The summed E-state index contributed by atoms with van der Waals surface area (Å²) >= 11 is 0. The van der Waals surface area contributed by atoms with Crippen molar-refractivity contribution in [2.75, 3.05) is 0 Å². The maximum atomic E-state index is 12.1. The standard InChI is InChI=1S/C14H17F2NO4/c1-3-14(4-2,12(19)20)17-11(18)9-5-7-10(8-6-9)21-13(15)16/h5-8,13H,3-4H2,1-2H3,(H,17,18)(H,19,20). The minimum atomic E-state index is -2.94. The molecule has 0 aliphatic carbocycles. The number of benzene rings is 1. The molecule has 0 bridgehead atoms. The molecule has 0 saturated carbocycles. The molecule has 21 heavy (non-hydrogen) atoms. The summed E-state index contributed by atoms with van der Waals surface area (Å²) in [5.74, 6) is -1.76. The fourth-order valence-corrected chi connectivity index (χ4v) is 1.86. The van der Waals surface area contributed by atoms with Gasteiger partial charge in [-0.25, -0.2) is 4.79 Å². The largest absolute Gasteiger partial charge is 0.480 e. The van der Waals surface area contributed by atoms with E-state index < -0.39 is 24.0 Å². The van der Waals surface area contributed by atoms with Gasteiger partial charge in [-0.2, -0.15) is 8.78 Å². The average molecular weight is 301 g/mol. The van der Waals surface area contributed by atoms with E-state index in [1.165, 1.54) is 24.3 Å². The summed E-state index contributed by atoms with van der Waals surface area (Å²) in [4.78, 5) is 23.4. The van der Waals surface area contributed by atoms with E-state index in [-0.39, 0.29) is 24.2 Å². The lowest BCUT2D eigenvalue weighted by atomic mass is 9.92. The number of alkyl halides is 2. The van der Waals surface area contributed by atoms with E-state index in [4.69, 9.17) is 0 Å². The lowest BCUT2D eigenvalue weighted by Gasteiger charge is -2.28. The molecule has 0 spiro atoms. The first-order valence-corrected chi connectivity index (χ1v) is 6.45. The molecular weight excluding hydrogens is 284 g/mol. The van der Waals surface area contributed by atoms with Crippen molar-refractivity contribution in [3.05, 3.63) is 29.8 Å². The van der Waals surface area contributed by atoms with E-state index in [9.17, 15) is 23.5 Å². The second-order valence-corrected chi connectivity index (χ2v) is 4.45. The zero-order valence-corrected chi connectivity index (χ0v) is 11.7. The molecule has 0 heterocycles. The first-order valence-electron chi connectivity index (χ1n) is 6.45. The lowest BCUT2D eigenvalue weighted by molar-refractivity contribution is -0.144. The van der Waals surface area contributed by atoms with E-state index in [1.54, 1.807) is 13.8 Å². The molecule has 0 atom stereocenters. The van der Waals surface area contributed by atoms with Crippen LogP contribution < -0.4 is 10.1 Å². The number of halogens is 2. The van der Waals surface area contributed by atoms with Crippen molar-refractivity contribution in [3.63, 3.8) is 0 Å². The fraction of sp³-hybridized carbons (Fsp3) is 0.429. The Labute approximate surface area is 120 Å². The van der Waals surface area contributed by atoms with E-state index in [1.807, 2.05) is 0 Å². The minimum Gasteiger partial charge on any atom is -0.480 e. The molecule has 116 valence electrons. The third-order valence-corrected chi connectivity index (χ3v) is 3.31. The van der Waals surface area contributed by atoms with Gasteiger partial charge >= 0.3 is 12.6 Å². The third-order valence-electron chi connectivity index (χ3n) is 3.31. The van der Waals surface area contributed by atoms with Crippen LogP contribution >= 0.6 is 0 Å². The summed E-state index contributed by atoms with van der Waals surface area (Å²) in [6, 6.07) is 5.04. The number of carbonyl (C=O) groups is 2. The van der Waals surface area contributed by atoms with Crippen LogP contribution in [0.25, 0.3) is 0 Å². The molecule has 0 fully saturated rings. The second-order valence-electron chi connectivity index (χ2n) is 4.45. The van der Waals surface area contributed by atoms with Crippen molar-refractivity contribution >= 4 is 11.9 Å². The van der Waals surface area contributed by atoms with Crippen LogP contribution in [0.1, 0.15) is 37.0 Å². The quantitative estimate of drug-likeness (QED) is 0.812. The molecule has 0 aromatic heterocycles. The smallest absolute Gasteiger partial charge is 0.387 e. The predicted octanol–water partition coefficient (Wildman–Crippen LogP) is 2.66. The maximum Gasteiger partial charge on any atom is 0.387 e. The molecular formula is C14H17F2NO4. The Kier molecular flexibility index (Phi) is 5.63. The number of hydrogen-bond donors (Lipinski definition) is 2. The SMILES string of the molecule is CCC(CC)(NC(=O)c1ccc(OC(F)F)cc1)C(=O)O. The highest BCUT2D eigenvalue weighted by Gasteiger charge is 2.36. The molecule has 1 rings (SSSR count). The van der Waals surface area contributed by atoms with Gasteiger partial charge in [0, 0.05) is 5.56 Å². The molecule has 0 aliphatic rings. The van der Waals surface area contributed by atoms with E-state index >= 15 is 0 Å². The second kappa shape index (κ2) is 7.01. The van der Waals surface area contributed by atoms with Gasteiger partial charge in [0.15, 0.2) is 0 Å². The Morgan fingerprint density at radius 2 is 1.76 bits per heavy atom. The zero-order valence-electron chi connectivity index (χ0n) is 11.7. The van der Waals surface area contributed by atoms with Crippen LogP contribution in [0.3, 0.4) is 0 Å². The van der Waals surface area contributed by atoms with Crippen molar-refractivity contribution in [2.24, 2.45) is 0 Å².